The molecule has 0 aliphatic carbocycles. The Bertz CT molecular complexity index is 720. The van der Waals surface area contributed by atoms with Crippen molar-refractivity contribution >= 4 is 23.7 Å². The predicted octanol–water partition coefficient (Wildman–Crippen LogP) is 2.42. The van der Waals surface area contributed by atoms with Gasteiger partial charge in [-0.05, 0) is 37.1 Å². The zero-order valence-electron chi connectivity index (χ0n) is 14.0. The summed E-state index contributed by atoms with van der Waals surface area (Å²) in [7, 11) is 1.04. The fourth-order valence-corrected chi connectivity index (χ4v) is 2.65. The number of amides is 2. The first-order chi connectivity index (χ1) is 12.2. The molecule has 0 bridgehead atoms. The fraction of sp³-hybridized carbons (Fsp3) is 0.438. The molecule has 1 aliphatic heterocycles. The topological polar surface area (TPSA) is 93.7 Å². The molecule has 0 aromatic heterocycles. The number of carbonyl (C=O) groups is 3. The highest BCUT2D eigenvalue weighted by Crippen LogP contribution is 2.39. The molecule has 10 heteroatoms. The number of ether oxygens (including phenoxy) is 2. The second kappa shape index (κ2) is 7.63. The SMILES string of the molecule is CCOC(=O)[C@@H]1C[C@H](C(=O)NC(=O)OC)c2cc(C(F)(F)F)ccc2N1. The van der Waals surface area contributed by atoms with Crippen molar-refractivity contribution in [2.24, 2.45) is 0 Å². The largest absolute Gasteiger partial charge is 0.464 e. The normalized spacial score (nSPS) is 19.0. The van der Waals surface area contributed by atoms with Gasteiger partial charge in [-0.2, -0.15) is 13.2 Å². The summed E-state index contributed by atoms with van der Waals surface area (Å²) in [5.74, 6) is -2.68. The Morgan fingerprint density at radius 1 is 1.31 bits per heavy atom. The molecule has 26 heavy (non-hydrogen) atoms. The van der Waals surface area contributed by atoms with Crippen LogP contribution in [-0.4, -0.2) is 37.7 Å². The van der Waals surface area contributed by atoms with Gasteiger partial charge in [0.2, 0.25) is 5.91 Å². The van der Waals surface area contributed by atoms with E-state index >= 15 is 0 Å². The van der Waals surface area contributed by atoms with Gasteiger partial charge in [-0.3, -0.25) is 10.1 Å². The summed E-state index contributed by atoms with van der Waals surface area (Å²) in [5, 5.41) is 4.70. The fourth-order valence-electron chi connectivity index (χ4n) is 2.65. The molecule has 1 aromatic rings. The zero-order chi connectivity index (χ0) is 19.5. The van der Waals surface area contributed by atoms with E-state index in [-0.39, 0.29) is 24.3 Å². The maximum atomic E-state index is 13.0. The molecule has 0 unspecified atom stereocenters. The van der Waals surface area contributed by atoms with Crippen LogP contribution in [0.4, 0.5) is 23.7 Å². The highest BCUT2D eigenvalue weighted by Gasteiger charge is 2.39. The van der Waals surface area contributed by atoms with E-state index in [1.807, 2.05) is 5.32 Å². The van der Waals surface area contributed by atoms with Gasteiger partial charge in [-0.15, -0.1) is 0 Å². The second-order valence-corrected chi connectivity index (χ2v) is 5.52. The summed E-state index contributed by atoms with van der Waals surface area (Å²) in [6.45, 7) is 1.71. The van der Waals surface area contributed by atoms with Crippen molar-refractivity contribution in [3.05, 3.63) is 29.3 Å². The van der Waals surface area contributed by atoms with Crippen LogP contribution < -0.4 is 10.6 Å². The molecule has 0 fully saturated rings. The zero-order valence-corrected chi connectivity index (χ0v) is 14.0. The van der Waals surface area contributed by atoms with Crippen molar-refractivity contribution < 1.29 is 37.0 Å². The van der Waals surface area contributed by atoms with E-state index in [4.69, 9.17) is 4.74 Å². The highest BCUT2D eigenvalue weighted by atomic mass is 19.4. The minimum atomic E-state index is -4.60. The maximum Gasteiger partial charge on any atom is 0.416 e. The number of carbonyl (C=O) groups excluding carboxylic acids is 3. The summed E-state index contributed by atoms with van der Waals surface area (Å²) in [4.78, 5) is 35.6. The average Bonchev–Trinajstić information content (AvgIpc) is 2.59. The number of hydrogen-bond acceptors (Lipinski definition) is 6. The number of alkyl carbamates (subject to hydrolysis) is 1. The van der Waals surface area contributed by atoms with Crippen LogP contribution in [-0.2, 0) is 25.2 Å². The van der Waals surface area contributed by atoms with Crippen LogP contribution in [0.5, 0.6) is 0 Å². The predicted molar refractivity (Wildman–Crippen MR) is 83.4 cm³/mol. The molecule has 2 atom stereocenters. The molecular weight excluding hydrogens is 357 g/mol. The van der Waals surface area contributed by atoms with Gasteiger partial charge >= 0.3 is 18.2 Å². The molecule has 2 amide bonds. The van der Waals surface area contributed by atoms with Gasteiger partial charge in [-0.1, -0.05) is 0 Å². The maximum absolute atomic E-state index is 13.0. The van der Waals surface area contributed by atoms with Crippen molar-refractivity contribution in [2.75, 3.05) is 19.0 Å². The smallest absolute Gasteiger partial charge is 0.416 e. The summed E-state index contributed by atoms with van der Waals surface area (Å²) in [6.07, 6.45) is -5.82. The monoisotopic (exact) mass is 374 g/mol. The van der Waals surface area contributed by atoms with E-state index < -0.39 is 41.7 Å². The Labute approximate surface area is 146 Å². The third-order valence-corrected chi connectivity index (χ3v) is 3.85. The lowest BCUT2D eigenvalue weighted by atomic mass is 9.85. The van der Waals surface area contributed by atoms with Gasteiger partial charge in [-0.25, -0.2) is 9.59 Å². The van der Waals surface area contributed by atoms with Crippen LogP contribution in [0.15, 0.2) is 18.2 Å². The lowest BCUT2D eigenvalue weighted by Crippen LogP contribution is -2.42. The first-order valence-corrected chi connectivity index (χ1v) is 7.70. The minimum Gasteiger partial charge on any atom is -0.464 e. The number of rotatable bonds is 3. The Hall–Kier alpha value is -2.78. The lowest BCUT2D eigenvalue weighted by molar-refractivity contribution is -0.144. The van der Waals surface area contributed by atoms with E-state index in [1.165, 1.54) is 0 Å². The standard InChI is InChI=1S/C16H17F3N2O5/c1-3-26-14(23)12-7-10(13(22)21-15(24)25-2)9-6-8(16(17,18)19)4-5-11(9)20-12/h4-6,10,12,20H,3,7H2,1-2H3,(H,21,22,24)/t10-,12-/m0/s1. The number of imide groups is 1. The number of fused-ring (bicyclic) bond motifs is 1. The van der Waals surface area contributed by atoms with E-state index in [2.05, 4.69) is 10.1 Å². The van der Waals surface area contributed by atoms with Gasteiger partial charge in [0.25, 0.3) is 0 Å². The molecule has 1 aromatic carbocycles. The molecule has 2 N–H and O–H groups in total. The van der Waals surface area contributed by atoms with Gasteiger partial charge in [0.05, 0.1) is 25.2 Å². The first kappa shape index (κ1) is 19.5. The highest BCUT2D eigenvalue weighted by molar-refractivity contribution is 5.98. The van der Waals surface area contributed by atoms with Crippen LogP contribution in [0.1, 0.15) is 30.4 Å². The Morgan fingerprint density at radius 3 is 2.58 bits per heavy atom. The Balaban J connectivity index is 2.41. The van der Waals surface area contributed by atoms with Gasteiger partial charge in [0.1, 0.15) is 6.04 Å². The number of esters is 1. The van der Waals surface area contributed by atoms with E-state index in [0.717, 1.165) is 25.3 Å². The number of anilines is 1. The van der Waals surface area contributed by atoms with Crippen LogP contribution in [0.2, 0.25) is 0 Å². The number of methoxy groups -OCH3 is 1. The number of alkyl halides is 3. The quantitative estimate of drug-likeness (QED) is 0.790. The molecule has 7 nitrogen and oxygen atoms in total. The third kappa shape index (κ3) is 4.24. The number of hydrogen-bond donors (Lipinski definition) is 2. The number of benzene rings is 1. The molecule has 0 radical (unpaired) electrons. The molecule has 0 saturated carbocycles. The van der Waals surface area contributed by atoms with Crippen LogP contribution in [0, 0.1) is 0 Å². The lowest BCUT2D eigenvalue weighted by Gasteiger charge is -2.31. The van der Waals surface area contributed by atoms with Crippen molar-refractivity contribution in [3.8, 4) is 0 Å². The molecule has 1 heterocycles. The van der Waals surface area contributed by atoms with Crippen LogP contribution >= 0.6 is 0 Å². The molecule has 142 valence electrons. The first-order valence-electron chi connectivity index (χ1n) is 7.70. The van der Waals surface area contributed by atoms with Crippen molar-refractivity contribution in [3.63, 3.8) is 0 Å². The summed E-state index contributed by atoms with van der Waals surface area (Å²) in [5.41, 5.74) is -0.724. The molecular formula is C16H17F3N2O5. The summed E-state index contributed by atoms with van der Waals surface area (Å²) < 4.78 is 48.2. The van der Waals surface area contributed by atoms with E-state index in [1.54, 1.807) is 6.92 Å². The minimum absolute atomic E-state index is 0.0294. The third-order valence-electron chi connectivity index (χ3n) is 3.85. The summed E-state index contributed by atoms with van der Waals surface area (Å²) >= 11 is 0. The van der Waals surface area contributed by atoms with Gasteiger partial charge in [0, 0.05) is 5.69 Å². The molecule has 1 aliphatic rings. The second-order valence-electron chi connectivity index (χ2n) is 5.52. The van der Waals surface area contributed by atoms with Crippen molar-refractivity contribution in [2.45, 2.75) is 31.5 Å². The average molecular weight is 374 g/mol. The van der Waals surface area contributed by atoms with E-state index in [9.17, 15) is 27.6 Å². The van der Waals surface area contributed by atoms with Crippen LogP contribution in [0.3, 0.4) is 0 Å². The number of nitrogens with one attached hydrogen (secondary N) is 2. The molecule has 2 rings (SSSR count). The number of halogens is 3. The Kier molecular flexibility index (Phi) is 5.73. The summed E-state index contributed by atoms with van der Waals surface area (Å²) in [6, 6.07) is 1.87. The Morgan fingerprint density at radius 2 is 2.00 bits per heavy atom. The van der Waals surface area contributed by atoms with Crippen molar-refractivity contribution in [1.82, 2.24) is 5.32 Å². The molecule has 0 saturated heterocycles. The van der Waals surface area contributed by atoms with Gasteiger partial charge < -0.3 is 14.8 Å². The van der Waals surface area contributed by atoms with E-state index in [0.29, 0.717) is 0 Å². The van der Waals surface area contributed by atoms with Gasteiger partial charge in [0.15, 0.2) is 0 Å². The van der Waals surface area contributed by atoms with Crippen LogP contribution in [0.25, 0.3) is 0 Å². The van der Waals surface area contributed by atoms with Crippen molar-refractivity contribution in [1.29, 1.82) is 0 Å². The molecule has 0 spiro atoms.